The molecule has 1 aromatic carbocycles. The number of fused-ring (bicyclic) bond motifs is 3. The average Bonchev–Trinajstić information content (AvgIpc) is 3.10. The van der Waals surface area contributed by atoms with Gasteiger partial charge in [-0.05, 0) is 44.4 Å². The Bertz CT molecular complexity index is 719. The van der Waals surface area contributed by atoms with E-state index in [0.717, 1.165) is 37.9 Å². The monoisotopic (exact) mass is 359 g/mol. The van der Waals surface area contributed by atoms with Gasteiger partial charge >= 0.3 is 5.97 Å². The van der Waals surface area contributed by atoms with Crippen molar-refractivity contribution in [3.63, 3.8) is 0 Å². The van der Waals surface area contributed by atoms with Crippen molar-refractivity contribution in [3.8, 4) is 0 Å². The van der Waals surface area contributed by atoms with Crippen LogP contribution in [0.3, 0.4) is 0 Å². The summed E-state index contributed by atoms with van der Waals surface area (Å²) < 4.78 is 5.10. The molecule has 2 aliphatic rings. The molecule has 26 heavy (non-hydrogen) atoms. The van der Waals surface area contributed by atoms with Gasteiger partial charge in [0.05, 0.1) is 16.9 Å². The van der Waals surface area contributed by atoms with E-state index in [0.29, 0.717) is 11.3 Å². The summed E-state index contributed by atoms with van der Waals surface area (Å²) in [5.74, 6) is -0.931. The van der Waals surface area contributed by atoms with Gasteiger partial charge in [0.2, 0.25) is 5.91 Å². The lowest BCUT2D eigenvalue weighted by molar-refractivity contribution is -0.124. The predicted molar refractivity (Wildman–Crippen MR) is 98.2 cm³/mol. The summed E-state index contributed by atoms with van der Waals surface area (Å²) in [6.07, 6.45) is 3.68. The number of hydrogen-bond acceptors (Lipinski definition) is 5. The molecule has 2 amide bonds. The molecule has 2 atom stereocenters. The van der Waals surface area contributed by atoms with Crippen molar-refractivity contribution in [2.24, 2.45) is 0 Å². The second-order valence-electron chi connectivity index (χ2n) is 6.91. The second-order valence-corrected chi connectivity index (χ2v) is 6.91. The zero-order valence-electron chi connectivity index (χ0n) is 15.2. The number of rotatable bonds is 6. The highest BCUT2D eigenvalue weighted by molar-refractivity contribution is 6.05. The number of benzene rings is 1. The standard InChI is InChI=1S/C19H25N3O4/c1-3-5-12(2)20-17(23)11-26-19(25)13-7-8-15-14(10-13)21-18(24)16-6-4-9-22(15)16/h7-8,10,12,16H,3-6,9,11H2,1-2H3,(H,20,23)(H,21,24). The summed E-state index contributed by atoms with van der Waals surface area (Å²) in [7, 11) is 0. The minimum absolute atomic E-state index is 0.0372. The fourth-order valence-corrected chi connectivity index (χ4v) is 3.59. The first-order valence-electron chi connectivity index (χ1n) is 9.17. The lowest BCUT2D eigenvalue weighted by Gasteiger charge is -2.33. The number of ether oxygens (including phenoxy) is 1. The Balaban J connectivity index is 1.62. The summed E-state index contributed by atoms with van der Waals surface area (Å²) in [4.78, 5) is 38.3. The molecular formula is C19H25N3O4. The van der Waals surface area contributed by atoms with Crippen LogP contribution in [0.5, 0.6) is 0 Å². The van der Waals surface area contributed by atoms with Crippen LogP contribution >= 0.6 is 0 Å². The molecular weight excluding hydrogens is 334 g/mol. The maximum Gasteiger partial charge on any atom is 0.338 e. The normalized spacial score (nSPS) is 19.2. The Morgan fingerprint density at radius 3 is 3.00 bits per heavy atom. The molecule has 0 radical (unpaired) electrons. The Labute approximate surface area is 153 Å². The SMILES string of the molecule is CCCC(C)NC(=O)COC(=O)c1ccc2c(c1)NC(=O)C1CCCN21. The van der Waals surface area contributed by atoms with Gasteiger partial charge < -0.3 is 20.3 Å². The average molecular weight is 359 g/mol. The Morgan fingerprint density at radius 1 is 1.42 bits per heavy atom. The van der Waals surface area contributed by atoms with E-state index in [9.17, 15) is 14.4 Å². The highest BCUT2D eigenvalue weighted by Gasteiger charge is 2.36. The fourth-order valence-electron chi connectivity index (χ4n) is 3.59. The third-order valence-corrected chi connectivity index (χ3v) is 4.82. The van der Waals surface area contributed by atoms with Crippen molar-refractivity contribution in [1.29, 1.82) is 0 Å². The van der Waals surface area contributed by atoms with E-state index in [-0.39, 0.29) is 30.5 Å². The van der Waals surface area contributed by atoms with Crippen LogP contribution in [0.2, 0.25) is 0 Å². The maximum absolute atomic E-state index is 12.2. The van der Waals surface area contributed by atoms with Gasteiger partial charge in [0.25, 0.3) is 5.91 Å². The van der Waals surface area contributed by atoms with E-state index in [1.165, 1.54) is 0 Å². The van der Waals surface area contributed by atoms with Crippen LogP contribution in [0.25, 0.3) is 0 Å². The topological polar surface area (TPSA) is 87.7 Å². The zero-order valence-corrected chi connectivity index (χ0v) is 15.2. The third-order valence-electron chi connectivity index (χ3n) is 4.82. The fraction of sp³-hybridized carbons (Fsp3) is 0.526. The van der Waals surface area contributed by atoms with Gasteiger partial charge in [0.15, 0.2) is 6.61 Å². The summed E-state index contributed by atoms with van der Waals surface area (Å²) in [6, 6.07) is 5.05. The Hall–Kier alpha value is -2.57. The number of carbonyl (C=O) groups excluding carboxylic acids is 3. The number of esters is 1. The Morgan fingerprint density at radius 2 is 2.23 bits per heavy atom. The van der Waals surface area contributed by atoms with Crippen LogP contribution < -0.4 is 15.5 Å². The van der Waals surface area contributed by atoms with Crippen LogP contribution in [0.4, 0.5) is 11.4 Å². The van der Waals surface area contributed by atoms with Gasteiger partial charge in [-0.3, -0.25) is 9.59 Å². The number of hydrogen-bond donors (Lipinski definition) is 2. The molecule has 0 saturated carbocycles. The predicted octanol–water partition coefficient (Wildman–Crippen LogP) is 2.07. The minimum Gasteiger partial charge on any atom is -0.452 e. The molecule has 7 heteroatoms. The molecule has 0 spiro atoms. The number of nitrogens with one attached hydrogen (secondary N) is 2. The summed E-state index contributed by atoms with van der Waals surface area (Å²) >= 11 is 0. The van der Waals surface area contributed by atoms with Crippen molar-refractivity contribution in [3.05, 3.63) is 23.8 Å². The third kappa shape index (κ3) is 3.81. The van der Waals surface area contributed by atoms with E-state index in [2.05, 4.69) is 15.5 Å². The smallest absolute Gasteiger partial charge is 0.338 e. The van der Waals surface area contributed by atoms with Crippen molar-refractivity contribution in [2.75, 3.05) is 23.4 Å². The summed E-state index contributed by atoms with van der Waals surface area (Å²) in [5, 5.41) is 5.65. The highest BCUT2D eigenvalue weighted by Crippen LogP contribution is 2.37. The summed E-state index contributed by atoms with van der Waals surface area (Å²) in [5.41, 5.74) is 1.86. The van der Waals surface area contributed by atoms with Gasteiger partial charge in [0, 0.05) is 12.6 Å². The molecule has 1 fully saturated rings. The first-order chi connectivity index (χ1) is 12.5. The molecule has 3 rings (SSSR count). The Kier molecular flexibility index (Phi) is 5.44. The molecule has 2 heterocycles. The molecule has 2 N–H and O–H groups in total. The molecule has 140 valence electrons. The molecule has 2 unspecified atom stereocenters. The van der Waals surface area contributed by atoms with Gasteiger partial charge in [-0.2, -0.15) is 0 Å². The number of anilines is 2. The van der Waals surface area contributed by atoms with E-state index in [1.54, 1.807) is 12.1 Å². The van der Waals surface area contributed by atoms with Gasteiger partial charge in [0.1, 0.15) is 6.04 Å². The van der Waals surface area contributed by atoms with Gasteiger partial charge in [-0.1, -0.05) is 13.3 Å². The van der Waals surface area contributed by atoms with Crippen molar-refractivity contribution in [2.45, 2.75) is 51.6 Å². The minimum atomic E-state index is -0.580. The van der Waals surface area contributed by atoms with E-state index in [4.69, 9.17) is 4.74 Å². The second kappa shape index (κ2) is 7.76. The maximum atomic E-state index is 12.2. The molecule has 0 aliphatic carbocycles. The highest BCUT2D eigenvalue weighted by atomic mass is 16.5. The number of nitrogens with zero attached hydrogens (tertiary/aromatic N) is 1. The largest absolute Gasteiger partial charge is 0.452 e. The summed E-state index contributed by atoms with van der Waals surface area (Å²) in [6.45, 7) is 4.48. The van der Waals surface area contributed by atoms with Crippen molar-refractivity contribution >= 4 is 29.2 Å². The van der Waals surface area contributed by atoms with Crippen LogP contribution in [0.1, 0.15) is 49.9 Å². The zero-order chi connectivity index (χ0) is 18.7. The van der Waals surface area contributed by atoms with Crippen LogP contribution in [0.15, 0.2) is 18.2 Å². The lowest BCUT2D eigenvalue weighted by atomic mass is 10.1. The van der Waals surface area contributed by atoms with Crippen LogP contribution in [-0.4, -0.2) is 43.0 Å². The van der Waals surface area contributed by atoms with Crippen molar-refractivity contribution in [1.82, 2.24) is 5.32 Å². The van der Waals surface area contributed by atoms with E-state index in [1.807, 2.05) is 19.9 Å². The molecule has 0 bridgehead atoms. The first kappa shape index (κ1) is 18.2. The molecule has 2 aliphatic heterocycles. The number of carbonyl (C=O) groups is 3. The van der Waals surface area contributed by atoms with Gasteiger partial charge in [-0.15, -0.1) is 0 Å². The lowest BCUT2D eigenvalue weighted by Crippen LogP contribution is -2.43. The molecule has 1 aromatic rings. The molecule has 1 saturated heterocycles. The molecule has 7 nitrogen and oxygen atoms in total. The van der Waals surface area contributed by atoms with Crippen molar-refractivity contribution < 1.29 is 19.1 Å². The van der Waals surface area contributed by atoms with E-state index < -0.39 is 5.97 Å². The van der Waals surface area contributed by atoms with E-state index >= 15 is 0 Å². The van der Waals surface area contributed by atoms with Crippen LogP contribution in [0, 0.1) is 0 Å². The first-order valence-corrected chi connectivity index (χ1v) is 9.17. The van der Waals surface area contributed by atoms with Crippen LogP contribution in [-0.2, 0) is 14.3 Å². The molecule has 0 aromatic heterocycles. The number of amides is 2. The quantitative estimate of drug-likeness (QED) is 0.759. The van der Waals surface area contributed by atoms with Gasteiger partial charge in [-0.25, -0.2) is 4.79 Å².